The number of hydrogen-bond donors (Lipinski definition) is 3. The minimum Gasteiger partial charge on any atom is -0.507 e. The second kappa shape index (κ2) is 9.69. The highest BCUT2D eigenvalue weighted by molar-refractivity contribution is 5.91. The lowest BCUT2D eigenvalue weighted by molar-refractivity contribution is -0.116. The summed E-state index contributed by atoms with van der Waals surface area (Å²) in [5, 5.41) is 13.8. The van der Waals surface area contributed by atoms with E-state index < -0.39 is 0 Å². The molecule has 30 heavy (non-hydrogen) atoms. The zero-order valence-electron chi connectivity index (χ0n) is 19.2. The van der Waals surface area contributed by atoms with Gasteiger partial charge in [0.1, 0.15) is 11.6 Å². The van der Waals surface area contributed by atoms with E-state index in [1.54, 1.807) is 0 Å². The van der Waals surface area contributed by atoms with Crippen molar-refractivity contribution in [3.05, 3.63) is 46.6 Å². The van der Waals surface area contributed by atoms with E-state index in [0.29, 0.717) is 30.8 Å². The van der Waals surface area contributed by atoms with Crippen molar-refractivity contribution >= 4 is 29.8 Å². The van der Waals surface area contributed by atoms with Crippen molar-refractivity contribution in [3.8, 4) is 5.75 Å². The summed E-state index contributed by atoms with van der Waals surface area (Å²) < 4.78 is 0. The number of aryl methyl sites for hydroxylation is 2. The van der Waals surface area contributed by atoms with Crippen molar-refractivity contribution < 1.29 is 9.90 Å². The van der Waals surface area contributed by atoms with Crippen molar-refractivity contribution in [2.45, 2.75) is 78.6 Å². The molecule has 1 aromatic carbocycles. The van der Waals surface area contributed by atoms with Gasteiger partial charge in [-0.25, -0.2) is 4.98 Å². The van der Waals surface area contributed by atoms with Gasteiger partial charge in [-0.15, -0.1) is 12.4 Å². The molecule has 2 rings (SSSR count). The third-order valence-electron chi connectivity index (χ3n) is 4.89. The van der Waals surface area contributed by atoms with Crippen LogP contribution in [0.4, 0.5) is 11.5 Å². The molecule has 0 aliphatic carbocycles. The van der Waals surface area contributed by atoms with Crippen LogP contribution in [-0.4, -0.2) is 16.0 Å². The molecule has 1 amide bonds. The molecule has 0 fully saturated rings. The number of nitrogens with two attached hydrogens (primary N) is 1. The molecule has 0 saturated carbocycles. The lowest BCUT2D eigenvalue weighted by Crippen LogP contribution is -2.19. The van der Waals surface area contributed by atoms with Gasteiger partial charge in [-0.3, -0.25) is 4.79 Å². The number of rotatable bonds is 5. The number of carbonyl (C=O) groups is 1. The maximum absolute atomic E-state index is 12.5. The molecule has 0 aliphatic heterocycles. The number of aromatic hydroxyl groups is 1. The van der Waals surface area contributed by atoms with E-state index >= 15 is 0 Å². The van der Waals surface area contributed by atoms with Crippen LogP contribution >= 0.6 is 12.4 Å². The lowest BCUT2D eigenvalue weighted by atomic mass is 9.79. The van der Waals surface area contributed by atoms with Crippen molar-refractivity contribution in [2.75, 3.05) is 11.1 Å². The Kier molecular flexibility index (Phi) is 8.32. The first-order chi connectivity index (χ1) is 13.3. The number of hydrogen-bond acceptors (Lipinski definition) is 4. The quantitative estimate of drug-likeness (QED) is 0.531. The maximum atomic E-state index is 12.5. The zero-order chi connectivity index (χ0) is 22.0. The van der Waals surface area contributed by atoms with Gasteiger partial charge in [-0.2, -0.15) is 0 Å². The Hall–Kier alpha value is -2.27. The Morgan fingerprint density at radius 2 is 1.57 bits per heavy atom. The number of amides is 1. The molecule has 6 heteroatoms. The third-order valence-corrected chi connectivity index (χ3v) is 4.89. The minimum absolute atomic E-state index is 0. The maximum Gasteiger partial charge on any atom is 0.224 e. The summed E-state index contributed by atoms with van der Waals surface area (Å²) in [5.41, 5.74) is 9.69. The SMILES string of the molecule is Cc1cc(N)nc(CCCC(=O)Nc2cc(C(C)(C)C)c(O)c(C(C)(C)C)c2)c1.Cl. The summed E-state index contributed by atoms with van der Waals surface area (Å²) in [5.74, 6) is 0.778. The molecule has 166 valence electrons. The first-order valence-corrected chi connectivity index (χ1v) is 10.2. The molecule has 0 bridgehead atoms. The highest BCUT2D eigenvalue weighted by Crippen LogP contribution is 2.41. The molecule has 5 nitrogen and oxygen atoms in total. The van der Waals surface area contributed by atoms with Crippen LogP contribution in [0.25, 0.3) is 0 Å². The van der Waals surface area contributed by atoms with Crippen molar-refractivity contribution in [1.29, 1.82) is 0 Å². The summed E-state index contributed by atoms with van der Waals surface area (Å²) in [4.78, 5) is 16.8. The van der Waals surface area contributed by atoms with E-state index in [4.69, 9.17) is 5.73 Å². The van der Waals surface area contributed by atoms with Gasteiger partial charge in [0.25, 0.3) is 0 Å². The van der Waals surface area contributed by atoms with Crippen LogP contribution in [0.1, 0.15) is 76.8 Å². The van der Waals surface area contributed by atoms with Crippen LogP contribution < -0.4 is 11.1 Å². The number of phenols is 1. The lowest BCUT2D eigenvalue weighted by Gasteiger charge is -2.28. The predicted molar refractivity (Wildman–Crippen MR) is 128 cm³/mol. The molecule has 0 atom stereocenters. The number of carbonyl (C=O) groups excluding carboxylic acids is 1. The molecule has 1 heterocycles. The van der Waals surface area contributed by atoms with E-state index in [9.17, 15) is 9.90 Å². The first-order valence-electron chi connectivity index (χ1n) is 10.2. The van der Waals surface area contributed by atoms with Gasteiger partial charge >= 0.3 is 0 Å². The average molecular weight is 434 g/mol. The number of nitrogens with one attached hydrogen (secondary N) is 1. The number of phenolic OH excluding ortho intramolecular Hbond substituents is 1. The van der Waals surface area contributed by atoms with Gasteiger partial charge < -0.3 is 16.2 Å². The van der Waals surface area contributed by atoms with E-state index in [2.05, 4.69) is 51.8 Å². The minimum atomic E-state index is -0.235. The normalized spacial score (nSPS) is 11.7. The Balaban J connectivity index is 0.00000450. The largest absolute Gasteiger partial charge is 0.507 e. The number of halogens is 1. The van der Waals surface area contributed by atoms with Crippen LogP contribution in [0.3, 0.4) is 0 Å². The fraction of sp³-hybridized carbons (Fsp3) is 0.500. The van der Waals surface area contributed by atoms with Crippen LogP contribution in [0.2, 0.25) is 0 Å². The van der Waals surface area contributed by atoms with E-state index in [-0.39, 0.29) is 29.1 Å². The van der Waals surface area contributed by atoms with Gasteiger partial charge in [-0.05, 0) is 60.4 Å². The second-order valence-corrected chi connectivity index (χ2v) is 9.88. The van der Waals surface area contributed by atoms with Gasteiger partial charge in [0.05, 0.1) is 0 Å². The number of aromatic nitrogens is 1. The van der Waals surface area contributed by atoms with E-state index in [1.165, 1.54) is 0 Å². The van der Waals surface area contributed by atoms with Crippen LogP contribution in [0, 0.1) is 6.92 Å². The van der Waals surface area contributed by atoms with Crippen molar-refractivity contribution in [3.63, 3.8) is 0 Å². The molecular weight excluding hydrogens is 398 g/mol. The molecule has 0 aliphatic rings. The standard InChI is InChI=1S/C24H35N3O2.ClH/c1-15-11-16(26-20(25)12-15)9-8-10-21(28)27-17-13-18(23(2,3)4)22(29)19(14-17)24(5,6)7;/h11-14,29H,8-10H2,1-7H3,(H2,25,26)(H,27,28);1H. The van der Waals surface area contributed by atoms with E-state index in [0.717, 1.165) is 28.1 Å². The van der Waals surface area contributed by atoms with Gasteiger partial charge in [0.15, 0.2) is 0 Å². The average Bonchev–Trinajstić information content (AvgIpc) is 2.53. The van der Waals surface area contributed by atoms with Crippen molar-refractivity contribution in [1.82, 2.24) is 4.98 Å². The number of pyridine rings is 1. The van der Waals surface area contributed by atoms with Gasteiger partial charge in [-0.1, -0.05) is 41.5 Å². The van der Waals surface area contributed by atoms with Gasteiger partial charge in [0.2, 0.25) is 5.91 Å². The van der Waals surface area contributed by atoms with Crippen molar-refractivity contribution in [2.24, 2.45) is 0 Å². The molecule has 0 radical (unpaired) electrons. The summed E-state index contributed by atoms with van der Waals surface area (Å²) in [6, 6.07) is 7.59. The third kappa shape index (κ3) is 6.91. The first kappa shape index (κ1) is 25.8. The monoisotopic (exact) mass is 433 g/mol. The summed E-state index contributed by atoms with van der Waals surface area (Å²) in [6.45, 7) is 14.3. The zero-order valence-corrected chi connectivity index (χ0v) is 20.0. The van der Waals surface area contributed by atoms with Crippen LogP contribution in [0.15, 0.2) is 24.3 Å². The molecule has 1 aromatic heterocycles. The van der Waals surface area contributed by atoms with E-state index in [1.807, 2.05) is 31.2 Å². The molecule has 2 aromatic rings. The Labute approximate surface area is 186 Å². The molecule has 0 unspecified atom stereocenters. The molecular formula is C24H36ClN3O2. The predicted octanol–water partition coefficient (Wildman–Crippen LogP) is 5.66. The van der Waals surface area contributed by atoms with Crippen LogP contribution in [-0.2, 0) is 22.0 Å². The van der Waals surface area contributed by atoms with Crippen LogP contribution in [0.5, 0.6) is 5.75 Å². The highest BCUT2D eigenvalue weighted by atomic mass is 35.5. The smallest absolute Gasteiger partial charge is 0.224 e. The summed E-state index contributed by atoms with van der Waals surface area (Å²) in [7, 11) is 0. The topological polar surface area (TPSA) is 88.2 Å². The number of anilines is 2. The molecule has 0 saturated heterocycles. The Bertz CT molecular complexity index is 841. The number of nitrogens with zero attached hydrogens (tertiary/aromatic N) is 1. The summed E-state index contributed by atoms with van der Waals surface area (Å²) in [6.07, 6.45) is 1.79. The molecule has 0 spiro atoms. The number of benzene rings is 1. The fourth-order valence-corrected chi connectivity index (χ4v) is 3.40. The Morgan fingerprint density at radius 3 is 2.03 bits per heavy atom. The second-order valence-electron chi connectivity index (χ2n) is 9.88. The number of nitrogen functional groups attached to an aromatic ring is 1. The highest BCUT2D eigenvalue weighted by Gasteiger charge is 2.26. The van der Waals surface area contributed by atoms with Gasteiger partial charge in [0, 0.05) is 28.9 Å². The summed E-state index contributed by atoms with van der Waals surface area (Å²) >= 11 is 0. The fourth-order valence-electron chi connectivity index (χ4n) is 3.40. The Morgan fingerprint density at radius 1 is 1.03 bits per heavy atom. The molecule has 4 N–H and O–H groups in total.